The van der Waals surface area contributed by atoms with Crippen LogP contribution in [0.3, 0.4) is 0 Å². The predicted molar refractivity (Wildman–Crippen MR) is 87.3 cm³/mol. The summed E-state index contributed by atoms with van der Waals surface area (Å²) in [7, 11) is 0. The number of hydrogen-bond donors (Lipinski definition) is 1. The van der Waals surface area contributed by atoms with E-state index in [1.165, 1.54) is 0 Å². The molecule has 1 aromatic carbocycles. The highest BCUT2D eigenvalue weighted by Crippen LogP contribution is 2.27. The summed E-state index contributed by atoms with van der Waals surface area (Å²) in [6.45, 7) is 2.65. The Kier molecular flexibility index (Phi) is 4.68. The molecule has 2 heterocycles. The molecule has 1 amide bonds. The van der Waals surface area contributed by atoms with Crippen molar-refractivity contribution in [1.82, 2.24) is 10.1 Å². The molecule has 2 aromatic rings. The quantitative estimate of drug-likeness (QED) is 0.935. The molecule has 1 N–H and O–H groups in total. The largest absolute Gasteiger partial charge is 0.394 e. The summed E-state index contributed by atoms with van der Waals surface area (Å²) in [5, 5.41) is 14.1. The molecular weight excluding hydrogens is 316 g/mol. The Morgan fingerprint density at radius 1 is 1.48 bits per heavy atom. The third-order valence-electron chi connectivity index (χ3n) is 4.40. The number of amides is 1. The summed E-state index contributed by atoms with van der Waals surface area (Å²) in [6.07, 6.45) is 1.95. The third kappa shape index (κ3) is 3.26. The van der Waals surface area contributed by atoms with Gasteiger partial charge in [-0.25, -0.2) is 0 Å². The summed E-state index contributed by atoms with van der Waals surface area (Å²) >= 11 is 5.97. The van der Waals surface area contributed by atoms with E-state index in [4.69, 9.17) is 16.1 Å². The van der Waals surface area contributed by atoms with Gasteiger partial charge in [0.25, 0.3) is 5.91 Å². The average molecular weight is 335 g/mol. The van der Waals surface area contributed by atoms with E-state index in [2.05, 4.69) is 12.1 Å². The van der Waals surface area contributed by atoms with Crippen LogP contribution in [0.15, 0.2) is 34.9 Å². The number of hydrogen-bond acceptors (Lipinski definition) is 4. The molecule has 1 aliphatic rings. The number of likely N-dealkylation sites (tertiary alicyclic amines) is 1. The van der Waals surface area contributed by atoms with Crippen molar-refractivity contribution in [3.63, 3.8) is 0 Å². The molecule has 3 rings (SSSR count). The SMILES string of the molecule is CC1CCCN(C(=O)c2cc(-c3cccc(Cl)c3)on2)C1CO. The van der Waals surface area contributed by atoms with E-state index in [1.54, 1.807) is 23.1 Å². The number of carbonyl (C=O) groups excluding carboxylic acids is 1. The van der Waals surface area contributed by atoms with Crippen molar-refractivity contribution in [1.29, 1.82) is 0 Å². The van der Waals surface area contributed by atoms with Crippen LogP contribution in [0.5, 0.6) is 0 Å². The zero-order chi connectivity index (χ0) is 16.4. The molecule has 0 radical (unpaired) electrons. The number of aliphatic hydroxyl groups is 1. The van der Waals surface area contributed by atoms with Gasteiger partial charge >= 0.3 is 0 Å². The number of rotatable bonds is 3. The summed E-state index contributed by atoms with van der Waals surface area (Å²) in [5.74, 6) is 0.575. The van der Waals surface area contributed by atoms with Gasteiger partial charge < -0.3 is 14.5 Å². The molecule has 2 atom stereocenters. The van der Waals surface area contributed by atoms with Crippen molar-refractivity contribution in [3.05, 3.63) is 41.0 Å². The molecule has 122 valence electrons. The average Bonchev–Trinajstić information content (AvgIpc) is 3.04. The first-order chi connectivity index (χ1) is 11.1. The first-order valence-corrected chi connectivity index (χ1v) is 8.12. The lowest BCUT2D eigenvalue weighted by Gasteiger charge is -2.38. The van der Waals surface area contributed by atoms with Gasteiger partial charge in [0, 0.05) is 23.2 Å². The lowest BCUT2D eigenvalue weighted by Crippen LogP contribution is -2.49. The van der Waals surface area contributed by atoms with Gasteiger partial charge in [-0.05, 0) is 30.9 Å². The minimum atomic E-state index is -0.201. The van der Waals surface area contributed by atoms with Crippen LogP contribution in [-0.2, 0) is 0 Å². The van der Waals surface area contributed by atoms with Crippen molar-refractivity contribution >= 4 is 17.5 Å². The van der Waals surface area contributed by atoms with Crippen LogP contribution < -0.4 is 0 Å². The summed E-state index contributed by atoms with van der Waals surface area (Å²) < 4.78 is 5.29. The Hall–Kier alpha value is -1.85. The van der Waals surface area contributed by atoms with Crippen LogP contribution in [0.2, 0.25) is 5.02 Å². The van der Waals surface area contributed by atoms with Gasteiger partial charge in [-0.15, -0.1) is 0 Å². The van der Waals surface area contributed by atoms with E-state index in [1.807, 2.05) is 12.1 Å². The predicted octanol–water partition coefficient (Wildman–Crippen LogP) is 3.23. The fourth-order valence-corrected chi connectivity index (χ4v) is 3.27. The van der Waals surface area contributed by atoms with Crippen LogP contribution in [0.1, 0.15) is 30.3 Å². The summed E-state index contributed by atoms with van der Waals surface area (Å²) in [6, 6.07) is 8.66. The highest BCUT2D eigenvalue weighted by atomic mass is 35.5. The molecule has 0 saturated carbocycles. The molecular formula is C17H19ClN2O3. The van der Waals surface area contributed by atoms with Crippen LogP contribution in [0.4, 0.5) is 0 Å². The number of piperidine rings is 1. The fourth-order valence-electron chi connectivity index (χ4n) is 3.08. The Labute approximate surface area is 139 Å². The van der Waals surface area contributed by atoms with E-state index < -0.39 is 0 Å². The zero-order valence-corrected chi connectivity index (χ0v) is 13.7. The molecule has 0 spiro atoms. The second-order valence-electron chi connectivity index (χ2n) is 5.95. The minimum Gasteiger partial charge on any atom is -0.394 e. The molecule has 1 aromatic heterocycles. The highest BCUT2D eigenvalue weighted by molar-refractivity contribution is 6.30. The molecule has 0 bridgehead atoms. The second kappa shape index (κ2) is 6.72. The maximum Gasteiger partial charge on any atom is 0.276 e. The molecule has 5 nitrogen and oxygen atoms in total. The smallest absolute Gasteiger partial charge is 0.276 e. The van der Waals surface area contributed by atoms with Crippen molar-refractivity contribution in [2.24, 2.45) is 5.92 Å². The number of benzene rings is 1. The Balaban J connectivity index is 1.83. The lowest BCUT2D eigenvalue weighted by atomic mass is 9.91. The van der Waals surface area contributed by atoms with Crippen molar-refractivity contribution in [2.45, 2.75) is 25.8 Å². The standard InChI is InChI=1S/C17H19ClN2O3/c1-11-4-3-7-20(15(11)10-21)17(22)14-9-16(23-19-14)12-5-2-6-13(18)8-12/h2,5-6,8-9,11,15,21H,3-4,7,10H2,1H3. The van der Waals surface area contributed by atoms with Crippen molar-refractivity contribution < 1.29 is 14.4 Å². The van der Waals surface area contributed by atoms with Gasteiger partial charge in [-0.2, -0.15) is 0 Å². The maximum absolute atomic E-state index is 12.7. The van der Waals surface area contributed by atoms with E-state index in [0.717, 1.165) is 18.4 Å². The Morgan fingerprint density at radius 2 is 2.30 bits per heavy atom. The molecule has 0 aliphatic carbocycles. The van der Waals surface area contributed by atoms with E-state index in [0.29, 0.717) is 17.3 Å². The maximum atomic E-state index is 12.7. The first-order valence-electron chi connectivity index (χ1n) is 7.74. The molecule has 2 unspecified atom stereocenters. The molecule has 1 aliphatic heterocycles. The van der Waals surface area contributed by atoms with Gasteiger partial charge in [-0.3, -0.25) is 4.79 Å². The number of aliphatic hydroxyl groups excluding tert-OH is 1. The number of nitrogens with zero attached hydrogens (tertiary/aromatic N) is 2. The first kappa shape index (κ1) is 16.0. The molecule has 23 heavy (non-hydrogen) atoms. The fraction of sp³-hybridized carbons (Fsp3) is 0.412. The number of halogens is 1. The highest BCUT2D eigenvalue weighted by Gasteiger charge is 2.33. The molecule has 1 saturated heterocycles. The number of aromatic nitrogens is 1. The Morgan fingerprint density at radius 3 is 3.04 bits per heavy atom. The summed E-state index contributed by atoms with van der Waals surface area (Å²) in [4.78, 5) is 14.4. The normalized spacial score (nSPS) is 21.4. The molecule has 6 heteroatoms. The van der Waals surface area contributed by atoms with E-state index in [-0.39, 0.29) is 30.2 Å². The van der Waals surface area contributed by atoms with Gasteiger partial charge in [0.05, 0.1) is 12.6 Å². The van der Waals surface area contributed by atoms with E-state index >= 15 is 0 Å². The van der Waals surface area contributed by atoms with Gasteiger partial charge in [0.2, 0.25) is 0 Å². The summed E-state index contributed by atoms with van der Waals surface area (Å²) in [5.41, 5.74) is 1.03. The Bertz CT molecular complexity index is 701. The monoisotopic (exact) mass is 334 g/mol. The second-order valence-corrected chi connectivity index (χ2v) is 6.39. The van der Waals surface area contributed by atoms with Crippen LogP contribution in [0.25, 0.3) is 11.3 Å². The van der Waals surface area contributed by atoms with Crippen LogP contribution in [0, 0.1) is 5.92 Å². The van der Waals surface area contributed by atoms with Gasteiger partial charge in [0.15, 0.2) is 11.5 Å². The van der Waals surface area contributed by atoms with Crippen molar-refractivity contribution in [2.75, 3.05) is 13.2 Å². The topological polar surface area (TPSA) is 66.6 Å². The van der Waals surface area contributed by atoms with Crippen LogP contribution in [-0.4, -0.2) is 40.3 Å². The van der Waals surface area contributed by atoms with Crippen LogP contribution >= 0.6 is 11.6 Å². The van der Waals surface area contributed by atoms with E-state index in [9.17, 15) is 9.90 Å². The van der Waals surface area contributed by atoms with Crippen molar-refractivity contribution in [3.8, 4) is 11.3 Å². The minimum absolute atomic E-state index is 0.0358. The third-order valence-corrected chi connectivity index (χ3v) is 4.64. The molecule has 1 fully saturated rings. The zero-order valence-electron chi connectivity index (χ0n) is 12.9. The van der Waals surface area contributed by atoms with Gasteiger partial charge in [0.1, 0.15) is 0 Å². The number of carbonyl (C=O) groups is 1. The van der Waals surface area contributed by atoms with Gasteiger partial charge in [-0.1, -0.05) is 35.8 Å². The lowest BCUT2D eigenvalue weighted by molar-refractivity contribution is 0.0350.